The Labute approximate surface area is 98.0 Å². The Kier molecular flexibility index (Phi) is 2.88. The fraction of sp³-hybridized carbons (Fsp3) is 0.364. The predicted octanol–water partition coefficient (Wildman–Crippen LogP) is 1.15. The second-order valence-corrected chi connectivity index (χ2v) is 4.39. The number of benzene rings is 1. The number of ether oxygens (including phenoxy) is 1. The first-order chi connectivity index (χ1) is 7.53. The van der Waals surface area contributed by atoms with Gasteiger partial charge in [0.25, 0.3) is 0 Å². The number of aliphatic carboxylic acids is 1. The van der Waals surface area contributed by atoms with Crippen LogP contribution >= 0.6 is 11.6 Å². The minimum Gasteiger partial charge on any atom is -0.481 e. The Balaban J connectivity index is 2.43. The molecule has 0 bridgehead atoms. The number of rotatable bonds is 3. The van der Waals surface area contributed by atoms with E-state index in [4.69, 9.17) is 27.2 Å². The van der Waals surface area contributed by atoms with Gasteiger partial charge in [0.05, 0.1) is 25.2 Å². The van der Waals surface area contributed by atoms with Crippen LogP contribution in [-0.2, 0) is 21.5 Å². The molecular weight excluding hydrogens is 230 g/mol. The van der Waals surface area contributed by atoms with E-state index < -0.39 is 11.5 Å². The molecule has 0 aliphatic carbocycles. The highest BCUT2D eigenvalue weighted by Gasteiger charge is 2.38. The summed E-state index contributed by atoms with van der Waals surface area (Å²) in [4.78, 5) is 10.8. The second-order valence-electron chi connectivity index (χ2n) is 3.99. The van der Waals surface area contributed by atoms with Gasteiger partial charge in [-0.3, -0.25) is 4.79 Å². The third-order valence-corrected chi connectivity index (χ3v) is 3.06. The Morgan fingerprint density at radius 1 is 1.56 bits per heavy atom. The van der Waals surface area contributed by atoms with Gasteiger partial charge >= 0.3 is 5.97 Å². The number of carboxylic acid groups (broad SMARTS) is 1. The van der Waals surface area contributed by atoms with Gasteiger partial charge in [-0.1, -0.05) is 23.7 Å². The number of carbonyl (C=O) groups is 1. The van der Waals surface area contributed by atoms with Gasteiger partial charge in [-0.25, -0.2) is 0 Å². The fourth-order valence-corrected chi connectivity index (χ4v) is 2.07. The number of nitrogens with two attached hydrogens (primary N) is 1. The van der Waals surface area contributed by atoms with Crippen LogP contribution in [0.3, 0.4) is 0 Å². The summed E-state index contributed by atoms with van der Waals surface area (Å²) in [7, 11) is 0. The summed E-state index contributed by atoms with van der Waals surface area (Å²) in [6.45, 7) is 0.805. The average molecular weight is 242 g/mol. The normalized spacial score (nSPS) is 17.9. The minimum absolute atomic E-state index is 0.117. The third kappa shape index (κ3) is 1.91. The van der Waals surface area contributed by atoms with Crippen LogP contribution in [0.25, 0.3) is 0 Å². The summed E-state index contributed by atoms with van der Waals surface area (Å²) >= 11 is 6.00. The van der Waals surface area contributed by atoms with Crippen molar-refractivity contribution in [3.05, 3.63) is 34.3 Å². The van der Waals surface area contributed by atoms with Crippen molar-refractivity contribution in [3.63, 3.8) is 0 Å². The number of carboxylic acids is 1. The van der Waals surface area contributed by atoms with E-state index in [9.17, 15) is 4.79 Å². The number of hydrogen-bond donors (Lipinski definition) is 2. The highest BCUT2D eigenvalue weighted by Crippen LogP contribution is 2.32. The summed E-state index contributed by atoms with van der Waals surface area (Å²) in [6, 6.07) is 5.26. The molecule has 1 aromatic carbocycles. The van der Waals surface area contributed by atoms with Crippen molar-refractivity contribution in [1.82, 2.24) is 0 Å². The van der Waals surface area contributed by atoms with E-state index in [1.807, 2.05) is 6.07 Å². The van der Waals surface area contributed by atoms with Crippen molar-refractivity contribution in [2.75, 3.05) is 13.2 Å². The number of hydrogen-bond acceptors (Lipinski definition) is 3. The summed E-state index contributed by atoms with van der Waals surface area (Å²) in [5, 5.41) is 9.28. The molecule has 3 N–H and O–H groups in total. The molecule has 0 spiro atoms. The van der Waals surface area contributed by atoms with Crippen molar-refractivity contribution in [3.8, 4) is 0 Å². The molecule has 1 aromatic rings. The summed E-state index contributed by atoms with van der Waals surface area (Å²) in [6.07, 6.45) is -0.117. The van der Waals surface area contributed by atoms with Crippen LogP contribution in [0.15, 0.2) is 18.2 Å². The van der Waals surface area contributed by atoms with Gasteiger partial charge in [0.1, 0.15) is 0 Å². The lowest BCUT2D eigenvalue weighted by atomic mass is 9.85. The lowest BCUT2D eigenvalue weighted by molar-refractivity contribution is -0.136. The molecule has 0 atom stereocenters. The first-order valence-corrected chi connectivity index (χ1v) is 5.27. The topological polar surface area (TPSA) is 72.6 Å². The molecule has 2 rings (SSSR count). The van der Waals surface area contributed by atoms with Crippen LogP contribution in [0.1, 0.15) is 11.1 Å². The molecule has 86 valence electrons. The Bertz CT molecular complexity index is 429. The molecular formula is C11H12ClNO3. The Hall–Kier alpha value is -1.10. The van der Waals surface area contributed by atoms with E-state index in [2.05, 4.69) is 0 Å². The smallest absolute Gasteiger partial charge is 0.307 e. The van der Waals surface area contributed by atoms with Gasteiger partial charge in [0, 0.05) is 5.02 Å². The van der Waals surface area contributed by atoms with E-state index >= 15 is 0 Å². The quantitative estimate of drug-likeness (QED) is 0.833. The zero-order valence-electron chi connectivity index (χ0n) is 8.57. The molecule has 1 aliphatic heterocycles. The molecule has 0 saturated carbocycles. The van der Waals surface area contributed by atoms with E-state index in [1.54, 1.807) is 12.1 Å². The van der Waals surface area contributed by atoms with Crippen molar-refractivity contribution < 1.29 is 14.6 Å². The maximum atomic E-state index is 10.8. The van der Waals surface area contributed by atoms with Crippen LogP contribution in [0, 0.1) is 0 Å². The van der Waals surface area contributed by atoms with E-state index in [-0.39, 0.29) is 6.42 Å². The monoisotopic (exact) mass is 241 g/mol. The van der Waals surface area contributed by atoms with Gasteiger partial charge in [0.15, 0.2) is 0 Å². The molecule has 1 aliphatic rings. The van der Waals surface area contributed by atoms with Crippen molar-refractivity contribution >= 4 is 17.6 Å². The van der Waals surface area contributed by atoms with Crippen LogP contribution < -0.4 is 5.73 Å². The minimum atomic E-state index is -0.918. The van der Waals surface area contributed by atoms with Gasteiger partial charge in [0.2, 0.25) is 0 Å². The zero-order valence-corrected chi connectivity index (χ0v) is 9.33. The second kappa shape index (κ2) is 4.05. The van der Waals surface area contributed by atoms with Gasteiger partial charge in [-0.2, -0.15) is 0 Å². The average Bonchev–Trinajstić information content (AvgIpc) is 2.17. The van der Waals surface area contributed by atoms with Crippen LogP contribution in [0.5, 0.6) is 0 Å². The highest BCUT2D eigenvalue weighted by molar-refractivity contribution is 6.31. The van der Waals surface area contributed by atoms with Crippen molar-refractivity contribution in [1.29, 1.82) is 0 Å². The lowest BCUT2D eigenvalue weighted by Crippen LogP contribution is -2.54. The van der Waals surface area contributed by atoms with Crippen LogP contribution in [0.2, 0.25) is 5.02 Å². The van der Waals surface area contributed by atoms with Gasteiger partial charge < -0.3 is 15.6 Å². The van der Waals surface area contributed by atoms with Gasteiger partial charge in [-0.15, -0.1) is 0 Å². The Morgan fingerprint density at radius 2 is 2.25 bits per heavy atom. The number of halogens is 1. The molecule has 5 heteroatoms. The fourth-order valence-electron chi connectivity index (χ4n) is 1.83. The molecule has 0 radical (unpaired) electrons. The first kappa shape index (κ1) is 11.4. The van der Waals surface area contributed by atoms with E-state index in [0.29, 0.717) is 23.8 Å². The van der Waals surface area contributed by atoms with Crippen LogP contribution in [0.4, 0.5) is 0 Å². The molecule has 0 unspecified atom stereocenters. The predicted molar refractivity (Wildman–Crippen MR) is 59.5 cm³/mol. The molecule has 0 amide bonds. The van der Waals surface area contributed by atoms with Crippen molar-refractivity contribution in [2.45, 2.75) is 12.0 Å². The van der Waals surface area contributed by atoms with Crippen molar-refractivity contribution in [2.24, 2.45) is 5.73 Å². The Morgan fingerprint density at radius 3 is 2.75 bits per heavy atom. The van der Waals surface area contributed by atoms with Crippen LogP contribution in [-0.4, -0.2) is 24.3 Å². The lowest BCUT2D eigenvalue weighted by Gasteiger charge is -2.39. The molecule has 1 heterocycles. The molecule has 4 nitrogen and oxygen atoms in total. The standard InChI is InChI=1S/C11H12ClNO3/c12-9-3-1-2-8(7(9)4-10(14)15)11(13)5-16-6-11/h1-3H,4-6,13H2,(H,14,15). The summed E-state index contributed by atoms with van der Waals surface area (Å²) in [5.74, 6) is -0.918. The summed E-state index contributed by atoms with van der Waals surface area (Å²) in [5.41, 5.74) is 6.86. The van der Waals surface area contributed by atoms with Gasteiger partial charge in [-0.05, 0) is 17.2 Å². The maximum Gasteiger partial charge on any atom is 0.307 e. The SMILES string of the molecule is NC1(c2cccc(Cl)c2CC(=O)O)COC1. The van der Waals surface area contributed by atoms with E-state index in [0.717, 1.165) is 5.56 Å². The molecule has 16 heavy (non-hydrogen) atoms. The molecule has 0 aromatic heterocycles. The summed E-state index contributed by atoms with van der Waals surface area (Å²) < 4.78 is 5.08. The molecule has 1 fully saturated rings. The third-order valence-electron chi connectivity index (χ3n) is 2.70. The maximum absolute atomic E-state index is 10.8. The largest absolute Gasteiger partial charge is 0.481 e. The zero-order chi connectivity index (χ0) is 11.8. The van der Waals surface area contributed by atoms with E-state index in [1.165, 1.54) is 0 Å². The first-order valence-electron chi connectivity index (χ1n) is 4.89. The molecule has 1 saturated heterocycles. The highest BCUT2D eigenvalue weighted by atomic mass is 35.5.